The number of pyridine rings is 1. The lowest BCUT2D eigenvalue weighted by Crippen LogP contribution is -1.96. The molecule has 2 N–H and O–H groups in total. The average Bonchev–Trinajstić information content (AvgIpc) is 2.56. The third kappa shape index (κ3) is 0.823. The summed E-state index contributed by atoms with van der Waals surface area (Å²) in [6.45, 7) is 0. The van der Waals surface area contributed by atoms with Crippen molar-refractivity contribution in [2.24, 2.45) is 0 Å². The van der Waals surface area contributed by atoms with E-state index in [0.29, 0.717) is 0 Å². The molecule has 4 nitrogen and oxygen atoms in total. The van der Waals surface area contributed by atoms with Crippen molar-refractivity contribution in [2.75, 3.05) is 0 Å². The average molecular weight is 171 g/mol. The summed E-state index contributed by atoms with van der Waals surface area (Å²) in [5.41, 5.74) is 2.80. The number of fused-ring (bicyclic) bond motifs is 3. The van der Waals surface area contributed by atoms with Crippen LogP contribution in [0.3, 0.4) is 0 Å². The van der Waals surface area contributed by atoms with Crippen molar-refractivity contribution < 1.29 is 4.98 Å². The van der Waals surface area contributed by atoms with Crippen LogP contribution in [0.25, 0.3) is 22.1 Å². The van der Waals surface area contributed by atoms with Gasteiger partial charge in [-0.3, -0.25) is 4.98 Å². The van der Waals surface area contributed by atoms with Gasteiger partial charge in [-0.2, -0.15) is 0 Å². The van der Waals surface area contributed by atoms with Crippen LogP contribution in [0.1, 0.15) is 0 Å². The molecular weight excluding hydrogens is 164 g/mol. The quantitative estimate of drug-likeness (QED) is 0.547. The van der Waals surface area contributed by atoms with Crippen LogP contribution in [-0.4, -0.2) is 15.0 Å². The van der Waals surface area contributed by atoms with Crippen molar-refractivity contribution in [3.05, 3.63) is 30.9 Å². The van der Waals surface area contributed by atoms with E-state index in [1.54, 1.807) is 12.4 Å². The molecule has 0 aliphatic carbocycles. The minimum Gasteiger partial charge on any atom is -0.337 e. The van der Waals surface area contributed by atoms with E-state index < -0.39 is 0 Å². The molecule has 0 spiro atoms. The van der Waals surface area contributed by atoms with Gasteiger partial charge in [0.15, 0.2) is 18.0 Å². The van der Waals surface area contributed by atoms with Crippen LogP contribution in [0, 0.1) is 0 Å². The van der Waals surface area contributed by atoms with Gasteiger partial charge in [0.1, 0.15) is 5.52 Å². The number of hydrogen-bond donors (Lipinski definition) is 1. The first-order valence-corrected chi connectivity index (χ1v) is 4.03. The van der Waals surface area contributed by atoms with Gasteiger partial charge in [-0.1, -0.05) is 0 Å². The molecule has 0 saturated heterocycles. The monoisotopic (exact) mass is 171 g/mol. The Hall–Kier alpha value is -1.97. The molecule has 0 fully saturated rings. The molecule has 0 unspecified atom stereocenters. The second-order valence-electron chi connectivity index (χ2n) is 2.85. The van der Waals surface area contributed by atoms with Crippen LogP contribution in [0.4, 0.5) is 0 Å². The molecule has 0 saturated carbocycles. The lowest BCUT2D eigenvalue weighted by molar-refractivity contribution is -0.375. The van der Waals surface area contributed by atoms with E-state index in [-0.39, 0.29) is 0 Å². The summed E-state index contributed by atoms with van der Waals surface area (Å²) in [5, 5.41) is 1.07. The molecule has 0 amide bonds. The molecule has 0 radical (unpaired) electrons. The smallest absolute Gasteiger partial charge is 0.178 e. The van der Waals surface area contributed by atoms with E-state index in [9.17, 15) is 0 Å². The Morgan fingerprint density at radius 3 is 3.15 bits per heavy atom. The van der Waals surface area contributed by atoms with Crippen molar-refractivity contribution in [3.8, 4) is 0 Å². The first-order valence-electron chi connectivity index (χ1n) is 4.03. The molecule has 4 heteroatoms. The highest BCUT2D eigenvalue weighted by atomic mass is 14.9. The number of hydrogen-bond acceptors (Lipinski definition) is 2. The Balaban J connectivity index is 2.64. The van der Waals surface area contributed by atoms with E-state index >= 15 is 0 Å². The fraction of sp³-hybridized carbons (Fsp3) is 0. The SMILES string of the molecule is c1cnc2c(n1)[nH]c1cc[nH+]cc12. The van der Waals surface area contributed by atoms with Gasteiger partial charge in [-0.05, 0) is 0 Å². The first kappa shape index (κ1) is 6.54. The van der Waals surface area contributed by atoms with Crippen molar-refractivity contribution in [2.45, 2.75) is 0 Å². The predicted molar refractivity (Wildman–Crippen MR) is 48.0 cm³/mol. The maximum Gasteiger partial charge on any atom is 0.178 e. The standard InChI is InChI=1S/C9H6N4/c1-2-10-5-6-7(1)13-9-8(6)11-3-4-12-9/h1-5H,(H,12,13)/p+1. The zero-order valence-electron chi connectivity index (χ0n) is 6.78. The van der Waals surface area contributed by atoms with E-state index in [2.05, 4.69) is 19.9 Å². The van der Waals surface area contributed by atoms with Gasteiger partial charge in [0.25, 0.3) is 0 Å². The highest BCUT2D eigenvalue weighted by Crippen LogP contribution is 2.18. The molecule has 3 rings (SSSR count). The molecule has 62 valence electrons. The fourth-order valence-corrected chi connectivity index (χ4v) is 1.49. The highest BCUT2D eigenvalue weighted by molar-refractivity contribution is 6.02. The number of aromatic amines is 2. The van der Waals surface area contributed by atoms with Crippen LogP contribution in [0.2, 0.25) is 0 Å². The molecule has 0 aliphatic heterocycles. The molecule has 0 bridgehead atoms. The first-order chi connectivity index (χ1) is 6.45. The van der Waals surface area contributed by atoms with Gasteiger partial charge in [0.2, 0.25) is 0 Å². The molecule has 0 aliphatic rings. The Morgan fingerprint density at radius 2 is 2.15 bits per heavy atom. The van der Waals surface area contributed by atoms with Crippen LogP contribution in [0.5, 0.6) is 0 Å². The Kier molecular flexibility index (Phi) is 1.14. The summed E-state index contributed by atoms with van der Waals surface area (Å²) in [6, 6.07) is 1.97. The number of aromatic nitrogens is 4. The molecule has 0 aromatic carbocycles. The molecule has 0 atom stereocenters. The zero-order valence-corrected chi connectivity index (χ0v) is 6.78. The third-order valence-electron chi connectivity index (χ3n) is 2.07. The van der Waals surface area contributed by atoms with Crippen molar-refractivity contribution in [1.29, 1.82) is 0 Å². The normalized spacial score (nSPS) is 11.1. The van der Waals surface area contributed by atoms with Gasteiger partial charge >= 0.3 is 0 Å². The Labute approximate surface area is 73.7 Å². The molecule has 13 heavy (non-hydrogen) atoms. The van der Waals surface area contributed by atoms with Crippen molar-refractivity contribution in [3.63, 3.8) is 0 Å². The van der Waals surface area contributed by atoms with Crippen LogP contribution < -0.4 is 4.98 Å². The zero-order chi connectivity index (χ0) is 8.67. The lowest BCUT2D eigenvalue weighted by Gasteiger charge is -1.83. The van der Waals surface area contributed by atoms with Gasteiger partial charge < -0.3 is 4.98 Å². The lowest BCUT2D eigenvalue weighted by atomic mass is 10.3. The fourth-order valence-electron chi connectivity index (χ4n) is 1.49. The van der Waals surface area contributed by atoms with Gasteiger partial charge in [-0.25, -0.2) is 9.97 Å². The number of H-pyrrole nitrogens is 2. The summed E-state index contributed by atoms with van der Waals surface area (Å²) in [4.78, 5) is 14.7. The molecule has 3 heterocycles. The van der Waals surface area contributed by atoms with Crippen molar-refractivity contribution in [1.82, 2.24) is 15.0 Å². The van der Waals surface area contributed by atoms with E-state index in [0.717, 1.165) is 22.1 Å². The predicted octanol–water partition coefficient (Wildman–Crippen LogP) is 0.925. The largest absolute Gasteiger partial charge is 0.337 e. The maximum absolute atomic E-state index is 4.26. The second kappa shape index (κ2) is 2.26. The summed E-state index contributed by atoms with van der Waals surface area (Å²) in [7, 11) is 0. The highest BCUT2D eigenvalue weighted by Gasteiger charge is 2.06. The summed E-state index contributed by atoms with van der Waals surface area (Å²) >= 11 is 0. The van der Waals surface area contributed by atoms with Gasteiger partial charge in [0.05, 0.1) is 10.9 Å². The number of nitrogens with zero attached hydrogens (tertiary/aromatic N) is 2. The minimum atomic E-state index is 0.831. The van der Waals surface area contributed by atoms with Crippen LogP contribution in [-0.2, 0) is 0 Å². The topological polar surface area (TPSA) is 55.7 Å². The van der Waals surface area contributed by atoms with Gasteiger partial charge in [0, 0.05) is 18.5 Å². The second-order valence-corrected chi connectivity index (χ2v) is 2.85. The summed E-state index contributed by atoms with van der Waals surface area (Å²) in [5.74, 6) is 0. The van der Waals surface area contributed by atoms with Crippen LogP contribution in [0.15, 0.2) is 30.9 Å². The number of nitrogens with one attached hydrogen (secondary N) is 2. The molecular formula is C9H7N4+. The van der Waals surface area contributed by atoms with Crippen molar-refractivity contribution >= 4 is 22.1 Å². The Morgan fingerprint density at radius 1 is 1.23 bits per heavy atom. The minimum absolute atomic E-state index is 0.831. The molecule has 3 aromatic heterocycles. The van der Waals surface area contributed by atoms with E-state index in [1.807, 2.05) is 18.5 Å². The molecule has 3 aromatic rings. The van der Waals surface area contributed by atoms with Gasteiger partial charge in [-0.15, -0.1) is 0 Å². The summed E-state index contributed by atoms with van der Waals surface area (Å²) in [6.07, 6.45) is 7.17. The van der Waals surface area contributed by atoms with E-state index in [1.165, 1.54) is 0 Å². The summed E-state index contributed by atoms with van der Waals surface area (Å²) < 4.78 is 0. The maximum atomic E-state index is 4.26. The van der Waals surface area contributed by atoms with Crippen LogP contribution >= 0.6 is 0 Å². The third-order valence-corrected chi connectivity index (χ3v) is 2.07. The van der Waals surface area contributed by atoms with E-state index in [4.69, 9.17) is 0 Å². The number of rotatable bonds is 0. The Bertz CT molecular complexity index is 519.